The molecule has 1 aromatic rings. The van der Waals surface area contributed by atoms with Crippen molar-refractivity contribution in [3.05, 3.63) is 11.7 Å². The first kappa shape index (κ1) is 17.2. The first-order valence-electron chi connectivity index (χ1n) is 8.90. The van der Waals surface area contributed by atoms with Crippen LogP contribution in [0.1, 0.15) is 25.1 Å². The lowest BCUT2D eigenvalue weighted by Crippen LogP contribution is -2.46. The molecule has 2 aliphatic heterocycles. The molecule has 2 saturated heterocycles. The van der Waals surface area contributed by atoms with Gasteiger partial charge in [-0.2, -0.15) is 4.98 Å². The van der Waals surface area contributed by atoms with Crippen molar-refractivity contribution in [2.45, 2.75) is 32.7 Å². The van der Waals surface area contributed by atoms with Crippen LogP contribution in [0.4, 0.5) is 0 Å². The number of aromatic nitrogens is 2. The fourth-order valence-electron chi connectivity index (χ4n) is 3.30. The number of aryl methyl sites for hydroxylation is 1. The Labute approximate surface area is 143 Å². The van der Waals surface area contributed by atoms with Gasteiger partial charge in [0.2, 0.25) is 5.89 Å². The van der Waals surface area contributed by atoms with Gasteiger partial charge in [-0.1, -0.05) is 5.16 Å². The number of guanidine groups is 1. The van der Waals surface area contributed by atoms with Crippen LogP contribution in [0.2, 0.25) is 0 Å². The van der Waals surface area contributed by atoms with E-state index in [0.717, 1.165) is 51.9 Å². The SMILES string of the molecule is CCNC(=NCCc1nc(C)no1)N1CCC(N2CCOCC2)C1. The Morgan fingerprint density at radius 3 is 2.88 bits per heavy atom. The van der Waals surface area contributed by atoms with E-state index in [0.29, 0.717) is 30.7 Å². The van der Waals surface area contributed by atoms with Gasteiger partial charge in [0, 0.05) is 45.2 Å². The van der Waals surface area contributed by atoms with Crippen molar-refractivity contribution in [2.75, 3.05) is 52.5 Å². The van der Waals surface area contributed by atoms with Crippen molar-refractivity contribution in [3.8, 4) is 0 Å². The summed E-state index contributed by atoms with van der Waals surface area (Å²) in [5, 5.41) is 7.22. The predicted molar refractivity (Wildman–Crippen MR) is 91.1 cm³/mol. The van der Waals surface area contributed by atoms with Gasteiger partial charge < -0.3 is 19.5 Å². The quantitative estimate of drug-likeness (QED) is 0.612. The topological polar surface area (TPSA) is 79.0 Å². The number of likely N-dealkylation sites (tertiary alicyclic amines) is 1. The molecule has 3 rings (SSSR count). The number of hydrogen-bond donors (Lipinski definition) is 1. The first-order chi connectivity index (χ1) is 11.8. The molecular formula is C16H28N6O2. The van der Waals surface area contributed by atoms with Gasteiger partial charge in [-0.05, 0) is 20.3 Å². The molecule has 2 aliphatic rings. The summed E-state index contributed by atoms with van der Waals surface area (Å²) in [6.07, 6.45) is 1.86. The van der Waals surface area contributed by atoms with Gasteiger partial charge in [-0.3, -0.25) is 9.89 Å². The van der Waals surface area contributed by atoms with E-state index in [-0.39, 0.29) is 0 Å². The molecule has 0 spiro atoms. The molecule has 8 heteroatoms. The van der Waals surface area contributed by atoms with Crippen molar-refractivity contribution >= 4 is 5.96 Å². The summed E-state index contributed by atoms with van der Waals surface area (Å²) in [6.45, 7) is 11.3. The van der Waals surface area contributed by atoms with Crippen LogP contribution >= 0.6 is 0 Å². The normalized spacial score (nSPS) is 23.0. The van der Waals surface area contributed by atoms with Gasteiger partial charge in [0.25, 0.3) is 0 Å². The van der Waals surface area contributed by atoms with E-state index in [2.05, 4.69) is 32.2 Å². The highest BCUT2D eigenvalue weighted by Crippen LogP contribution is 2.17. The number of nitrogens with zero attached hydrogens (tertiary/aromatic N) is 5. The Balaban J connectivity index is 1.53. The molecule has 0 amide bonds. The van der Waals surface area contributed by atoms with E-state index in [9.17, 15) is 0 Å². The summed E-state index contributed by atoms with van der Waals surface area (Å²) >= 11 is 0. The number of rotatable bonds is 5. The summed E-state index contributed by atoms with van der Waals surface area (Å²) in [5.74, 6) is 2.32. The molecule has 24 heavy (non-hydrogen) atoms. The van der Waals surface area contributed by atoms with Crippen molar-refractivity contribution in [2.24, 2.45) is 4.99 Å². The van der Waals surface area contributed by atoms with E-state index in [4.69, 9.17) is 14.3 Å². The van der Waals surface area contributed by atoms with Gasteiger partial charge >= 0.3 is 0 Å². The molecule has 3 heterocycles. The van der Waals surface area contributed by atoms with Gasteiger partial charge in [-0.25, -0.2) is 0 Å². The molecule has 1 aromatic heterocycles. The third kappa shape index (κ3) is 4.45. The molecule has 0 bridgehead atoms. The van der Waals surface area contributed by atoms with Crippen LogP contribution in [-0.2, 0) is 11.2 Å². The highest BCUT2D eigenvalue weighted by Gasteiger charge is 2.30. The minimum Gasteiger partial charge on any atom is -0.379 e. The zero-order chi connectivity index (χ0) is 16.8. The van der Waals surface area contributed by atoms with E-state index in [1.165, 1.54) is 6.42 Å². The largest absolute Gasteiger partial charge is 0.379 e. The predicted octanol–water partition coefficient (Wildman–Crippen LogP) is 0.293. The molecule has 1 atom stereocenters. The second kappa shape index (κ2) is 8.43. The molecule has 2 fully saturated rings. The van der Waals surface area contributed by atoms with Crippen molar-refractivity contribution in [3.63, 3.8) is 0 Å². The summed E-state index contributed by atoms with van der Waals surface area (Å²) in [4.78, 5) is 13.9. The maximum absolute atomic E-state index is 5.46. The van der Waals surface area contributed by atoms with Crippen LogP contribution in [-0.4, -0.2) is 84.4 Å². The average molecular weight is 336 g/mol. The monoisotopic (exact) mass is 336 g/mol. The Hall–Kier alpha value is -1.67. The fourth-order valence-corrected chi connectivity index (χ4v) is 3.30. The van der Waals surface area contributed by atoms with E-state index in [1.807, 2.05) is 6.92 Å². The summed E-state index contributed by atoms with van der Waals surface area (Å²) < 4.78 is 10.6. The standard InChI is InChI=1S/C16H28N6O2/c1-3-17-16(18-6-4-15-19-13(2)20-24-15)22-7-5-14(12-22)21-8-10-23-11-9-21/h14H,3-12H2,1-2H3,(H,17,18). The summed E-state index contributed by atoms with van der Waals surface area (Å²) in [7, 11) is 0. The Morgan fingerprint density at radius 1 is 1.33 bits per heavy atom. The molecule has 0 saturated carbocycles. The maximum Gasteiger partial charge on any atom is 0.228 e. The Bertz CT molecular complexity index is 540. The lowest BCUT2D eigenvalue weighted by atomic mass is 10.2. The van der Waals surface area contributed by atoms with Gasteiger partial charge in [0.15, 0.2) is 11.8 Å². The van der Waals surface area contributed by atoms with E-state index >= 15 is 0 Å². The van der Waals surface area contributed by atoms with Crippen LogP contribution in [0, 0.1) is 6.92 Å². The molecule has 0 aliphatic carbocycles. The van der Waals surface area contributed by atoms with Crippen molar-refractivity contribution < 1.29 is 9.26 Å². The van der Waals surface area contributed by atoms with Crippen LogP contribution in [0.25, 0.3) is 0 Å². The molecule has 0 aromatic carbocycles. The van der Waals surface area contributed by atoms with Crippen LogP contribution in [0.3, 0.4) is 0 Å². The highest BCUT2D eigenvalue weighted by molar-refractivity contribution is 5.80. The lowest BCUT2D eigenvalue weighted by molar-refractivity contribution is 0.0195. The zero-order valence-electron chi connectivity index (χ0n) is 14.7. The van der Waals surface area contributed by atoms with Crippen LogP contribution in [0.5, 0.6) is 0 Å². The minimum absolute atomic E-state index is 0.608. The van der Waals surface area contributed by atoms with Crippen LogP contribution in [0.15, 0.2) is 9.52 Å². The van der Waals surface area contributed by atoms with Gasteiger partial charge in [0.1, 0.15) is 0 Å². The third-order valence-electron chi connectivity index (χ3n) is 4.52. The van der Waals surface area contributed by atoms with Gasteiger partial charge in [-0.15, -0.1) is 0 Å². The first-order valence-corrected chi connectivity index (χ1v) is 8.90. The molecule has 0 radical (unpaired) electrons. The molecule has 1 N–H and O–H groups in total. The zero-order valence-corrected chi connectivity index (χ0v) is 14.7. The summed E-state index contributed by atoms with van der Waals surface area (Å²) in [6, 6.07) is 0.608. The second-order valence-corrected chi connectivity index (χ2v) is 6.26. The highest BCUT2D eigenvalue weighted by atomic mass is 16.5. The smallest absolute Gasteiger partial charge is 0.228 e. The molecule has 1 unspecified atom stereocenters. The van der Waals surface area contributed by atoms with E-state index < -0.39 is 0 Å². The van der Waals surface area contributed by atoms with E-state index in [1.54, 1.807) is 0 Å². The Kier molecular flexibility index (Phi) is 6.03. The second-order valence-electron chi connectivity index (χ2n) is 6.26. The molecular weight excluding hydrogens is 308 g/mol. The van der Waals surface area contributed by atoms with Crippen molar-refractivity contribution in [1.82, 2.24) is 25.3 Å². The number of nitrogens with one attached hydrogen (secondary N) is 1. The molecule has 8 nitrogen and oxygen atoms in total. The number of aliphatic imine (C=N–C) groups is 1. The van der Waals surface area contributed by atoms with Crippen molar-refractivity contribution in [1.29, 1.82) is 0 Å². The number of hydrogen-bond acceptors (Lipinski definition) is 6. The minimum atomic E-state index is 0.608. The van der Waals surface area contributed by atoms with Gasteiger partial charge in [0.05, 0.1) is 19.8 Å². The maximum atomic E-state index is 5.46. The third-order valence-corrected chi connectivity index (χ3v) is 4.52. The number of morpholine rings is 1. The average Bonchev–Trinajstić information content (AvgIpc) is 3.24. The fraction of sp³-hybridized carbons (Fsp3) is 0.812. The number of ether oxygens (including phenoxy) is 1. The molecule has 134 valence electrons. The van der Waals surface area contributed by atoms with Crippen LogP contribution < -0.4 is 5.32 Å². The lowest BCUT2D eigenvalue weighted by Gasteiger charge is -2.32. The Morgan fingerprint density at radius 2 is 2.17 bits per heavy atom. The summed E-state index contributed by atoms with van der Waals surface area (Å²) in [5.41, 5.74) is 0.